The quantitative estimate of drug-likeness (QED) is 0.745. The molecule has 1 unspecified atom stereocenters. The van der Waals surface area contributed by atoms with E-state index in [1.165, 1.54) is 0 Å². The second-order valence-electron chi connectivity index (χ2n) is 7.18. The molecule has 2 aliphatic rings. The third-order valence-corrected chi connectivity index (χ3v) is 5.55. The van der Waals surface area contributed by atoms with Gasteiger partial charge in [0, 0.05) is 23.1 Å². The molecule has 2 N–H and O–H groups in total. The van der Waals surface area contributed by atoms with Crippen LogP contribution in [-0.4, -0.2) is 35.5 Å². The van der Waals surface area contributed by atoms with Crippen LogP contribution in [0.2, 0.25) is 0 Å². The van der Waals surface area contributed by atoms with E-state index in [1.54, 1.807) is 0 Å². The number of carbonyl (C=O) groups excluding carboxylic acids is 1. The van der Waals surface area contributed by atoms with Gasteiger partial charge in [0.05, 0.1) is 38.0 Å². The van der Waals surface area contributed by atoms with E-state index in [0.717, 1.165) is 27.6 Å². The van der Waals surface area contributed by atoms with Crippen molar-refractivity contribution in [1.29, 1.82) is 0 Å². The summed E-state index contributed by atoms with van der Waals surface area (Å²) in [5.74, 6) is 0.514. The monoisotopic (exact) mass is 375 g/mol. The molecule has 0 aliphatic carbocycles. The Morgan fingerprint density at radius 1 is 1.07 bits per heavy atom. The van der Waals surface area contributed by atoms with Crippen molar-refractivity contribution in [3.05, 3.63) is 70.8 Å². The molecular weight excluding hydrogens is 354 g/mol. The lowest BCUT2D eigenvalue weighted by Crippen LogP contribution is -2.43. The number of amides is 1. The van der Waals surface area contributed by atoms with Crippen molar-refractivity contribution >= 4 is 22.6 Å². The van der Waals surface area contributed by atoms with Crippen LogP contribution in [0.25, 0.3) is 10.9 Å². The van der Waals surface area contributed by atoms with Crippen molar-refractivity contribution in [1.82, 2.24) is 9.88 Å². The number of fused-ring (bicyclic) bond motifs is 3. The van der Waals surface area contributed by atoms with Gasteiger partial charge in [-0.15, -0.1) is 0 Å². The van der Waals surface area contributed by atoms with Crippen molar-refractivity contribution < 1.29 is 14.3 Å². The largest absolute Gasteiger partial charge is 0.383 e. The van der Waals surface area contributed by atoms with Crippen LogP contribution in [0.15, 0.2) is 48.5 Å². The number of morpholine rings is 1. The van der Waals surface area contributed by atoms with Crippen LogP contribution in [0.5, 0.6) is 0 Å². The summed E-state index contributed by atoms with van der Waals surface area (Å²) in [7, 11) is 0. The summed E-state index contributed by atoms with van der Waals surface area (Å²) >= 11 is 0. The Kier molecular flexibility index (Phi) is 4.22. The lowest BCUT2D eigenvalue weighted by molar-refractivity contribution is -0.00268. The summed E-state index contributed by atoms with van der Waals surface area (Å²) < 4.78 is 11.2. The van der Waals surface area contributed by atoms with Crippen molar-refractivity contribution in [3.8, 4) is 0 Å². The number of rotatable bonds is 2. The molecule has 0 saturated carbocycles. The Morgan fingerprint density at radius 2 is 1.89 bits per heavy atom. The van der Waals surface area contributed by atoms with Crippen LogP contribution in [0.4, 0.5) is 5.82 Å². The molecule has 1 amide bonds. The van der Waals surface area contributed by atoms with Crippen LogP contribution in [0.3, 0.4) is 0 Å². The minimum absolute atomic E-state index is 0.00328. The smallest absolute Gasteiger partial charge is 0.254 e. The molecule has 2 aliphatic heterocycles. The number of hydrogen-bond acceptors (Lipinski definition) is 5. The van der Waals surface area contributed by atoms with Gasteiger partial charge in [-0.05, 0) is 29.3 Å². The Balaban J connectivity index is 1.54. The van der Waals surface area contributed by atoms with E-state index in [2.05, 4.69) is 4.98 Å². The first-order valence-corrected chi connectivity index (χ1v) is 9.45. The Labute approximate surface area is 162 Å². The van der Waals surface area contributed by atoms with Crippen LogP contribution in [0.1, 0.15) is 33.1 Å². The SMILES string of the molecule is Nc1nc2ccc(C(=O)N3CCOCC3c3ccccc3)cc2c2c1COC2. The van der Waals surface area contributed by atoms with Gasteiger partial charge in [0.25, 0.3) is 5.91 Å². The summed E-state index contributed by atoms with van der Waals surface area (Å²) in [6.45, 7) is 2.59. The molecular formula is C22H21N3O3. The maximum atomic E-state index is 13.4. The minimum Gasteiger partial charge on any atom is -0.383 e. The number of pyridine rings is 1. The van der Waals surface area contributed by atoms with Crippen molar-refractivity contribution in [2.45, 2.75) is 19.3 Å². The van der Waals surface area contributed by atoms with E-state index in [-0.39, 0.29) is 11.9 Å². The number of carbonyl (C=O) groups is 1. The predicted molar refractivity (Wildman–Crippen MR) is 106 cm³/mol. The standard InChI is InChI=1S/C22H21N3O3/c23-21-18-12-28-11-17(18)16-10-15(6-7-19(16)24-21)22(26)25-8-9-27-13-20(25)14-4-2-1-3-5-14/h1-7,10,20H,8-9,11-13H2,(H2,23,24). The summed E-state index contributed by atoms with van der Waals surface area (Å²) in [6.07, 6.45) is 0. The topological polar surface area (TPSA) is 77.7 Å². The van der Waals surface area contributed by atoms with Gasteiger partial charge in [-0.1, -0.05) is 30.3 Å². The van der Waals surface area contributed by atoms with Crippen molar-refractivity contribution in [3.63, 3.8) is 0 Å². The zero-order chi connectivity index (χ0) is 19.1. The van der Waals surface area contributed by atoms with Crippen LogP contribution >= 0.6 is 0 Å². The van der Waals surface area contributed by atoms with E-state index >= 15 is 0 Å². The fraction of sp³-hybridized carbons (Fsp3) is 0.273. The predicted octanol–water partition coefficient (Wildman–Crippen LogP) is 3.06. The number of nitrogens with two attached hydrogens (primary N) is 1. The third-order valence-electron chi connectivity index (χ3n) is 5.55. The first-order chi connectivity index (χ1) is 13.7. The van der Waals surface area contributed by atoms with Crippen LogP contribution in [0, 0.1) is 0 Å². The number of nitrogens with zero attached hydrogens (tertiary/aromatic N) is 2. The van der Waals surface area contributed by atoms with Crippen LogP contribution < -0.4 is 5.73 Å². The van der Waals surface area contributed by atoms with E-state index in [4.69, 9.17) is 15.2 Å². The number of nitrogen functional groups attached to an aromatic ring is 1. The second kappa shape index (κ2) is 6.89. The van der Waals surface area contributed by atoms with E-state index in [0.29, 0.717) is 44.4 Å². The van der Waals surface area contributed by atoms with Gasteiger partial charge in [-0.25, -0.2) is 4.98 Å². The molecule has 2 aromatic carbocycles. The average Bonchev–Trinajstić information content (AvgIpc) is 3.25. The summed E-state index contributed by atoms with van der Waals surface area (Å²) in [6, 6.07) is 15.6. The lowest BCUT2D eigenvalue weighted by Gasteiger charge is -2.36. The molecule has 0 bridgehead atoms. The molecule has 3 aromatic rings. The van der Waals surface area contributed by atoms with Gasteiger partial charge < -0.3 is 20.1 Å². The summed E-state index contributed by atoms with van der Waals surface area (Å²) in [4.78, 5) is 19.8. The zero-order valence-electron chi connectivity index (χ0n) is 15.4. The summed E-state index contributed by atoms with van der Waals surface area (Å²) in [5.41, 5.74) is 10.6. The van der Waals surface area contributed by atoms with Crippen LogP contribution in [-0.2, 0) is 22.7 Å². The molecule has 6 heteroatoms. The molecule has 3 heterocycles. The Hall–Kier alpha value is -2.96. The molecule has 0 spiro atoms. The highest BCUT2D eigenvalue weighted by Gasteiger charge is 2.30. The Bertz CT molecular complexity index is 1050. The van der Waals surface area contributed by atoms with Gasteiger partial charge in [-0.2, -0.15) is 0 Å². The fourth-order valence-corrected chi connectivity index (χ4v) is 4.07. The fourth-order valence-electron chi connectivity index (χ4n) is 4.07. The van der Waals surface area contributed by atoms with E-state index < -0.39 is 0 Å². The van der Waals surface area contributed by atoms with Gasteiger partial charge >= 0.3 is 0 Å². The normalized spacial score (nSPS) is 19.0. The van der Waals surface area contributed by atoms with Gasteiger partial charge in [-0.3, -0.25) is 4.79 Å². The molecule has 28 heavy (non-hydrogen) atoms. The maximum absolute atomic E-state index is 13.4. The van der Waals surface area contributed by atoms with Crippen molar-refractivity contribution in [2.75, 3.05) is 25.5 Å². The molecule has 1 aromatic heterocycles. The van der Waals surface area contributed by atoms with Gasteiger partial charge in [0.2, 0.25) is 0 Å². The van der Waals surface area contributed by atoms with E-state index in [1.807, 2.05) is 53.4 Å². The number of aromatic nitrogens is 1. The molecule has 1 fully saturated rings. The maximum Gasteiger partial charge on any atom is 0.254 e. The van der Waals surface area contributed by atoms with Gasteiger partial charge in [0.15, 0.2) is 0 Å². The molecule has 6 nitrogen and oxygen atoms in total. The number of ether oxygens (including phenoxy) is 2. The second-order valence-corrected chi connectivity index (χ2v) is 7.18. The van der Waals surface area contributed by atoms with Gasteiger partial charge in [0.1, 0.15) is 5.82 Å². The number of anilines is 1. The first-order valence-electron chi connectivity index (χ1n) is 9.45. The molecule has 142 valence electrons. The summed E-state index contributed by atoms with van der Waals surface area (Å²) in [5, 5.41) is 0.942. The van der Waals surface area contributed by atoms with E-state index in [9.17, 15) is 4.79 Å². The minimum atomic E-state index is -0.0864. The number of benzene rings is 2. The lowest BCUT2D eigenvalue weighted by atomic mass is 10.0. The highest BCUT2D eigenvalue weighted by Crippen LogP contribution is 2.32. The molecule has 1 saturated heterocycles. The Morgan fingerprint density at radius 3 is 2.75 bits per heavy atom. The molecule has 1 atom stereocenters. The average molecular weight is 375 g/mol. The van der Waals surface area contributed by atoms with Crippen molar-refractivity contribution in [2.24, 2.45) is 0 Å². The first kappa shape index (κ1) is 17.2. The number of hydrogen-bond donors (Lipinski definition) is 1. The third kappa shape index (κ3) is 2.82. The molecule has 5 rings (SSSR count). The molecule has 0 radical (unpaired) electrons. The highest BCUT2D eigenvalue weighted by atomic mass is 16.5. The zero-order valence-corrected chi connectivity index (χ0v) is 15.4. The highest BCUT2D eigenvalue weighted by molar-refractivity contribution is 5.99.